The Kier molecular flexibility index (Phi) is 4.98. The second kappa shape index (κ2) is 7.77. The van der Waals surface area contributed by atoms with E-state index in [-0.39, 0.29) is 5.92 Å². The number of piperidine rings is 1. The zero-order chi connectivity index (χ0) is 19.8. The molecule has 1 aliphatic carbocycles. The quantitative estimate of drug-likeness (QED) is 0.570. The lowest BCUT2D eigenvalue weighted by molar-refractivity contribution is 0.0802. The van der Waals surface area contributed by atoms with E-state index in [1.165, 1.54) is 16.5 Å². The van der Waals surface area contributed by atoms with E-state index in [2.05, 4.69) is 35.2 Å². The van der Waals surface area contributed by atoms with Gasteiger partial charge in [-0.25, -0.2) is 0 Å². The third kappa shape index (κ3) is 3.52. The first-order valence-corrected chi connectivity index (χ1v) is 10.6. The summed E-state index contributed by atoms with van der Waals surface area (Å²) < 4.78 is 11.0. The average molecular weight is 389 g/mol. The number of furan rings is 1. The molecule has 2 heterocycles. The van der Waals surface area contributed by atoms with Crippen LogP contribution in [-0.4, -0.2) is 30.9 Å². The van der Waals surface area contributed by atoms with Gasteiger partial charge in [-0.1, -0.05) is 30.3 Å². The Bertz CT molecular complexity index is 1040. The number of hydrogen-bond donors (Lipinski definition) is 0. The van der Waals surface area contributed by atoms with Gasteiger partial charge < -0.3 is 9.15 Å². The smallest absolute Gasteiger partial charge is 0.167 e. The van der Waals surface area contributed by atoms with Crippen LogP contribution in [0, 0.1) is 5.92 Å². The van der Waals surface area contributed by atoms with Crippen molar-refractivity contribution in [2.75, 3.05) is 20.2 Å². The minimum absolute atomic E-state index is 0.0515. The fourth-order valence-corrected chi connectivity index (χ4v) is 5.04. The Balaban J connectivity index is 1.34. The third-order valence-electron chi connectivity index (χ3n) is 6.40. The number of ether oxygens (including phenoxy) is 1. The molecule has 1 saturated heterocycles. The number of carbonyl (C=O) groups excluding carboxylic acids is 1. The molecule has 5 rings (SSSR count). The number of hydrogen-bond acceptors (Lipinski definition) is 4. The van der Waals surface area contributed by atoms with E-state index >= 15 is 0 Å². The predicted octanol–water partition coefficient (Wildman–Crippen LogP) is 4.77. The van der Waals surface area contributed by atoms with Gasteiger partial charge in [0.25, 0.3) is 0 Å². The average Bonchev–Trinajstić information content (AvgIpc) is 3.37. The van der Waals surface area contributed by atoms with Crippen molar-refractivity contribution in [3.63, 3.8) is 0 Å². The fraction of sp³-hybridized carbons (Fsp3) is 0.400. The van der Waals surface area contributed by atoms with E-state index in [0.717, 1.165) is 67.8 Å². The number of ketones is 1. The lowest BCUT2D eigenvalue weighted by atomic mass is 9.87. The molecule has 1 fully saturated rings. The number of aryl methyl sites for hydroxylation is 2. The second-order valence-corrected chi connectivity index (χ2v) is 8.35. The van der Waals surface area contributed by atoms with Crippen molar-refractivity contribution < 1.29 is 13.9 Å². The summed E-state index contributed by atoms with van der Waals surface area (Å²) in [6.07, 6.45) is 4.19. The van der Waals surface area contributed by atoms with Crippen LogP contribution in [0.25, 0.3) is 10.8 Å². The van der Waals surface area contributed by atoms with E-state index < -0.39 is 0 Å². The molecule has 2 aliphatic rings. The van der Waals surface area contributed by atoms with Gasteiger partial charge in [0.1, 0.15) is 18.1 Å². The second-order valence-electron chi connectivity index (χ2n) is 8.35. The Labute approximate surface area is 171 Å². The monoisotopic (exact) mass is 389 g/mol. The van der Waals surface area contributed by atoms with Crippen LogP contribution in [0.5, 0.6) is 0 Å². The normalized spacial score (nSPS) is 19.1. The molecule has 1 aromatic heterocycles. The van der Waals surface area contributed by atoms with Crippen LogP contribution in [0.1, 0.15) is 45.8 Å². The summed E-state index contributed by atoms with van der Waals surface area (Å²) in [5.41, 5.74) is 3.68. The molecular formula is C25H27NO3. The molecule has 0 saturated carbocycles. The molecule has 2 aromatic carbocycles. The van der Waals surface area contributed by atoms with Gasteiger partial charge in [-0.3, -0.25) is 9.69 Å². The van der Waals surface area contributed by atoms with Crippen LogP contribution in [0.15, 0.2) is 46.9 Å². The summed E-state index contributed by atoms with van der Waals surface area (Å²) in [5.74, 6) is 2.14. The molecule has 0 radical (unpaired) electrons. The molecule has 1 atom stereocenters. The highest BCUT2D eigenvalue weighted by atomic mass is 16.5. The molecule has 1 unspecified atom stereocenters. The van der Waals surface area contributed by atoms with Crippen LogP contribution < -0.4 is 0 Å². The van der Waals surface area contributed by atoms with Gasteiger partial charge in [0.15, 0.2) is 5.78 Å². The number of methoxy groups -OCH3 is 1. The van der Waals surface area contributed by atoms with Crippen molar-refractivity contribution in [1.82, 2.24) is 4.90 Å². The van der Waals surface area contributed by atoms with Crippen LogP contribution >= 0.6 is 0 Å². The van der Waals surface area contributed by atoms with E-state index in [1.807, 2.05) is 12.1 Å². The molecule has 0 amide bonds. The van der Waals surface area contributed by atoms with Crippen LogP contribution in [0.3, 0.4) is 0 Å². The predicted molar refractivity (Wildman–Crippen MR) is 113 cm³/mol. The van der Waals surface area contributed by atoms with Crippen LogP contribution in [0.4, 0.5) is 0 Å². The van der Waals surface area contributed by atoms with Gasteiger partial charge in [-0.15, -0.1) is 0 Å². The molecule has 0 N–H and O–H groups in total. The Hall–Kier alpha value is -2.43. The summed E-state index contributed by atoms with van der Waals surface area (Å²) >= 11 is 0. The van der Waals surface area contributed by atoms with Crippen molar-refractivity contribution in [1.29, 1.82) is 0 Å². The molecule has 150 valence electrons. The topological polar surface area (TPSA) is 42.7 Å². The Morgan fingerprint density at radius 2 is 1.93 bits per heavy atom. The molecule has 29 heavy (non-hydrogen) atoms. The standard InChI is InChI=1S/C25H27NO3/c1-28-16-21-11-10-20(29-21)15-26-13-3-5-19(14-26)25(27)23-12-9-18-8-7-17-4-2-6-22(23)24(17)18/h2,4,6,9-12,19H,3,5,7-8,13-16H2,1H3. The number of benzene rings is 2. The van der Waals surface area contributed by atoms with Crippen molar-refractivity contribution in [3.05, 3.63) is 70.7 Å². The van der Waals surface area contributed by atoms with E-state index in [1.54, 1.807) is 7.11 Å². The molecule has 4 heteroatoms. The lowest BCUT2D eigenvalue weighted by Crippen LogP contribution is -2.38. The number of likely N-dealkylation sites (tertiary alicyclic amines) is 1. The minimum Gasteiger partial charge on any atom is -0.462 e. The number of carbonyl (C=O) groups is 1. The van der Waals surface area contributed by atoms with Gasteiger partial charge in [-0.05, 0) is 66.3 Å². The Morgan fingerprint density at radius 3 is 2.79 bits per heavy atom. The maximum Gasteiger partial charge on any atom is 0.167 e. The summed E-state index contributed by atoms with van der Waals surface area (Å²) in [6.45, 7) is 3.04. The number of rotatable bonds is 6. The fourth-order valence-electron chi connectivity index (χ4n) is 5.04. The third-order valence-corrected chi connectivity index (χ3v) is 6.40. The van der Waals surface area contributed by atoms with Crippen molar-refractivity contribution in [3.8, 4) is 0 Å². The first-order valence-electron chi connectivity index (χ1n) is 10.6. The summed E-state index contributed by atoms with van der Waals surface area (Å²) in [4.78, 5) is 15.8. The molecule has 4 nitrogen and oxygen atoms in total. The van der Waals surface area contributed by atoms with Crippen molar-refractivity contribution >= 4 is 16.6 Å². The molecule has 0 bridgehead atoms. The first kappa shape index (κ1) is 18.6. The first-order chi connectivity index (χ1) is 14.2. The van der Waals surface area contributed by atoms with Crippen molar-refractivity contribution in [2.24, 2.45) is 5.92 Å². The minimum atomic E-state index is 0.0515. The largest absolute Gasteiger partial charge is 0.462 e. The van der Waals surface area contributed by atoms with E-state index in [0.29, 0.717) is 12.4 Å². The van der Waals surface area contributed by atoms with Gasteiger partial charge in [0.2, 0.25) is 0 Å². The van der Waals surface area contributed by atoms with Gasteiger partial charge >= 0.3 is 0 Å². The summed E-state index contributed by atoms with van der Waals surface area (Å²) in [6, 6.07) is 14.7. The van der Waals surface area contributed by atoms with Crippen LogP contribution in [0.2, 0.25) is 0 Å². The van der Waals surface area contributed by atoms with Gasteiger partial charge in [-0.2, -0.15) is 0 Å². The van der Waals surface area contributed by atoms with Gasteiger partial charge in [0, 0.05) is 25.1 Å². The molecular weight excluding hydrogens is 362 g/mol. The SMILES string of the molecule is COCc1ccc(CN2CCCC(C(=O)c3ccc4c5c(cccc35)CC4)C2)o1. The zero-order valence-corrected chi connectivity index (χ0v) is 16.9. The highest BCUT2D eigenvalue weighted by Crippen LogP contribution is 2.34. The zero-order valence-electron chi connectivity index (χ0n) is 16.9. The Morgan fingerprint density at radius 1 is 1.10 bits per heavy atom. The summed E-state index contributed by atoms with van der Waals surface area (Å²) in [5, 5.41) is 2.47. The molecule has 3 aromatic rings. The highest BCUT2D eigenvalue weighted by molar-refractivity contribution is 6.11. The number of Topliss-reactive ketones (excluding diaryl/α,β-unsaturated/α-hetero) is 1. The lowest BCUT2D eigenvalue weighted by Gasteiger charge is -2.31. The highest BCUT2D eigenvalue weighted by Gasteiger charge is 2.29. The maximum absolute atomic E-state index is 13.5. The van der Waals surface area contributed by atoms with Crippen LogP contribution in [-0.2, 0) is 30.7 Å². The summed E-state index contributed by atoms with van der Waals surface area (Å²) in [7, 11) is 1.67. The molecule has 0 spiro atoms. The van der Waals surface area contributed by atoms with E-state index in [9.17, 15) is 4.79 Å². The maximum atomic E-state index is 13.5. The van der Waals surface area contributed by atoms with Gasteiger partial charge in [0.05, 0.1) is 6.54 Å². The van der Waals surface area contributed by atoms with E-state index in [4.69, 9.17) is 9.15 Å². The number of nitrogens with zero attached hydrogens (tertiary/aromatic N) is 1. The van der Waals surface area contributed by atoms with Crippen molar-refractivity contribution in [2.45, 2.75) is 38.8 Å². The molecule has 1 aliphatic heterocycles.